The van der Waals surface area contributed by atoms with E-state index in [0.29, 0.717) is 0 Å². The highest BCUT2D eigenvalue weighted by molar-refractivity contribution is 5.81. The van der Waals surface area contributed by atoms with E-state index < -0.39 is 12.8 Å². The van der Waals surface area contributed by atoms with Crippen LogP contribution in [-0.2, 0) is 16.0 Å². The zero-order valence-corrected chi connectivity index (χ0v) is 11.0. The fourth-order valence-corrected chi connectivity index (χ4v) is 1.67. The summed E-state index contributed by atoms with van der Waals surface area (Å²) in [5.74, 6) is -0.115. The van der Waals surface area contributed by atoms with Crippen LogP contribution in [0.25, 0.3) is 0 Å². The summed E-state index contributed by atoms with van der Waals surface area (Å²) in [4.78, 5) is 11.6. The molecule has 1 aromatic rings. The fourth-order valence-electron chi connectivity index (χ4n) is 1.67. The molecular formula is C14H17F3O2. The van der Waals surface area contributed by atoms with E-state index >= 15 is 0 Å². The van der Waals surface area contributed by atoms with Gasteiger partial charge in [0, 0.05) is 12.8 Å². The van der Waals surface area contributed by atoms with Gasteiger partial charge in [-0.1, -0.05) is 23.8 Å². The Morgan fingerprint density at radius 2 is 1.95 bits per heavy atom. The van der Waals surface area contributed by atoms with Gasteiger partial charge in [0.15, 0.2) is 0 Å². The molecule has 106 valence electrons. The molecule has 0 atom stereocenters. The van der Waals surface area contributed by atoms with Crippen LogP contribution in [0.15, 0.2) is 18.2 Å². The van der Waals surface area contributed by atoms with E-state index in [1.165, 1.54) is 0 Å². The van der Waals surface area contributed by atoms with Gasteiger partial charge in [-0.2, -0.15) is 13.2 Å². The minimum absolute atomic E-state index is 0.00343. The largest absolute Gasteiger partial charge is 0.411 e. The predicted molar refractivity (Wildman–Crippen MR) is 66.1 cm³/mol. The molecule has 0 unspecified atom stereocenters. The lowest BCUT2D eigenvalue weighted by molar-refractivity contribution is -0.174. The van der Waals surface area contributed by atoms with E-state index in [2.05, 4.69) is 4.74 Å². The van der Waals surface area contributed by atoms with Crippen LogP contribution in [0.4, 0.5) is 13.2 Å². The number of carbonyl (C=O) groups excluding carboxylic acids is 1. The summed E-state index contributed by atoms with van der Waals surface area (Å²) in [5.41, 5.74) is 2.98. The molecule has 0 aliphatic rings. The minimum atomic E-state index is -4.34. The molecule has 5 heteroatoms. The lowest BCUT2D eigenvalue weighted by atomic mass is 10.00. The second-order valence-electron chi connectivity index (χ2n) is 4.56. The molecule has 0 saturated carbocycles. The summed E-state index contributed by atoms with van der Waals surface area (Å²) in [7, 11) is 0. The molecule has 1 aromatic carbocycles. The van der Waals surface area contributed by atoms with Gasteiger partial charge >= 0.3 is 6.18 Å². The van der Waals surface area contributed by atoms with Crippen molar-refractivity contribution >= 4 is 5.78 Å². The van der Waals surface area contributed by atoms with Crippen molar-refractivity contribution in [3.8, 4) is 0 Å². The average molecular weight is 274 g/mol. The van der Waals surface area contributed by atoms with Crippen molar-refractivity contribution in [2.24, 2.45) is 0 Å². The van der Waals surface area contributed by atoms with Crippen LogP contribution in [0.5, 0.6) is 0 Å². The van der Waals surface area contributed by atoms with Crippen LogP contribution in [0, 0.1) is 13.8 Å². The average Bonchev–Trinajstić information content (AvgIpc) is 2.28. The topological polar surface area (TPSA) is 26.3 Å². The lowest BCUT2D eigenvalue weighted by Gasteiger charge is -2.08. The molecule has 0 amide bonds. The standard InChI is InChI=1S/C14H17F3O2/c1-10-3-4-11(2)12(7-10)8-13(18)5-6-19-9-14(15,16)17/h3-4,7H,5-6,8-9H2,1-2H3. The van der Waals surface area contributed by atoms with E-state index in [1.807, 2.05) is 32.0 Å². The number of benzene rings is 1. The highest BCUT2D eigenvalue weighted by Crippen LogP contribution is 2.15. The maximum atomic E-state index is 11.8. The maximum absolute atomic E-state index is 11.8. The van der Waals surface area contributed by atoms with Gasteiger partial charge in [0.1, 0.15) is 12.4 Å². The van der Waals surface area contributed by atoms with E-state index in [-0.39, 0.29) is 25.2 Å². The van der Waals surface area contributed by atoms with Crippen molar-refractivity contribution in [2.45, 2.75) is 32.9 Å². The predicted octanol–water partition coefficient (Wildman–Crippen LogP) is 3.38. The minimum Gasteiger partial charge on any atom is -0.372 e. The summed E-state index contributed by atoms with van der Waals surface area (Å²) in [6.45, 7) is 2.34. The Balaban J connectivity index is 2.37. The van der Waals surface area contributed by atoms with Gasteiger partial charge < -0.3 is 4.74 Å². The Hall–Kier alpha value is -1.36. The van der Waals surface area contributed by atoms with Crippen molar-refractivity contribution in [1.82, 2.24) is 0 Å². The molecule has 0 N–H and O–H groups in total. The van der Waals surface area contributed by atoms with Crippen LogP contribution in [0.2, 0.25) is 0 Å². The Morgan fingerprint density at radius 1 is 1.26 bits per heavy atom. The van der Waals surface area contributed by atoms with Gasteiger partial charge in [-0.05, 0) is 25.0 Å². The maximum Gasteiger partial charge on any atom is 0.411 e. The third kappa shape index (κ3) is 6.38. The number of ketones is 1. The van der Waals surface area contributed by atoms with Gasteiger partial charge in [0.2, 0.25) is 0 Å². The highest BCUT2D eigenvalue weighted by atomic mass is 19.4. The van der Waals surface area contributed by atoms with Crippen LogP contribution in [0.3, 0.4) is 0 Å². The normalized spacial score (nSPS) is 11.6. The van der Waals surface area contributed by atoms with Crippen molar-refractivity contribution in [3.05, 3.63) is 34.9 Å². The van der Waals surface area contributed by atoms with E-state index in [4.69, 9.17) is 0 Å². The second kappa shape index (κ2) is 6.70. The molecule has 0 spiro atoms. The van der Waals surface area contributed by atoms with Crippen molar-refractivity contribution in [2.75, 3.05) is 13.2 Å². The Morgan fingerprint density at radius 3 is 2.58 bits per heavy atom. The zero-order chi connectivity index (χ0) is 14.5. The number of rotatable bonds is 6. The molecule has 0 fully saturated rings. The van der Waals surface area contributed by atoms with E-state index in [1.54, 1.807) is 0 Å². The molecule has 0 radical (unpaired) electrons. The summed E-state index contributed by atoms with van der Waals surface area (Å²) in [6.07, 6.45) is -4.09. The summed E-state index contributed by atoms with van der Waals surface area (Å²) in [5, 5.41) is 0. The molecule has 0 bridgehead atoms. The molecule has 0 saturated heterocycles. The van der Waals surface area contributed by atoms with Crippen molar-refractivity contribution in [3.63, 3.8) is 0 Å². The zero-order valence-electron chi connectivity index (χ0n) is 11.0. The molecule has 19 heavy (non-hydrogen) atoms. The fraction of sp³-hybridized carbons (Fsp3) is 0.500. The molecule has 0 aliphatic carbocycles. The van der Waals surface area contributed by atoms with E-state index in [0.717, 1.165) is 16.7 Å². The SMILES string of the molecule is Cc1ccc(C)c(CC(=O)CCOCC(F)(F)F)c1. The summed E-state index contributed by atoms with van der Waals surface area (Å²) < 4.78 is 39.9. The quantitative estimate of drug-likeness (QED) is 0.743. The highest BCUT2D eigenvalue weighted by Gasteiger charge is 2.27. The third-order valence-electron chi connectivity index (χ3n) is 2.68. The van der Waals surface area contributed by atoms with Crippen LogP contribution in [-0.4, -0.2) is 25.2 Å². The van der Waals surface area contributed by atoms with Gasteiger partial charge in [-0.15, -0.1) is 0 Å². The summed E-state index contributed by atoms with van der Waals surface area (Å²) >= 11 is 0. The number of halogens is 3. The lowest BCUT2D eigenvalue weighted by Crippen LogP contribution is -2.18. The number of aryl methyl sites for hydroxylation is 2. The van der Waals surface area contributed by atoms with Crippen LogP contribution >= 0.6 is 0 Å². The number of hydrogen-bond acceptors (Lipinski definition) is 2. The van der Waals surface area contributed by atoms with Crippen molar-refractivity contribution < 1.29 is 22.7 Å². The first-order valence-corrected chi connectivity index (χ1v) is 6.00. The van der Waals surface area contributed by atoms with Gasteiger partial charge in [-0.25, -0.2) is 0 Å². The number of alkyl halides is 3. The van der Waals surface area contributed by atoms with Gasteiger partial charge in [-0.3, -0.25) is 4.79 Å². The first-order valence-electron chi connectivity index (χ1n) is 6.00. The van der Waals surface area contributed by atoms with Crippen molar-refractivity contribution in [1.29, 1.82) is 0 Å². The molecule has 0 aliphatic heterocycles. The smallest absolute Gasteiger partial charge is 0.372 e. The van der Waals surface area contributed by atoms with Gasteiger partial charge in [0.05, 0.1) is 6.61 Å². The first kappa shape index (κ1) is 15.7. The molecular weight excluding hydrogens is 257 g/mol. The van der Waals surface area contributed by atoms with Crippen LogP contribution < -0.4 is 0 Å². The monoisotopic (exact) mass is 274 g/mol. The van der Waals surface area contributed by atoms with E-state index in [9.17, 15) is 18.0 Å². The molecule has 2 nitrogen and oxygen atoms in total. The number of hydrogen-bond donors (Lipinski definition) is 0. The number of carbonyl (C=O) groups is 1. The molecule has 0 aromatic heterocycles. The van der Waals surface area contributed by atoms with Crippen LogP contribution in [0.1, 0.15) is 23.1 Å². The summed E-state index contributed by atoms with van der Waals surface area (Å²) in [6, 6.07) is 5.80. The number of ether oxygens (including phenoxy) is 1. The van der Waals surface area contributed by atoms with Gasteiger partial charge in [0.25, 0.3) is 0 Å². The Labute approximate surface area is 110 Å². The Kier molecular flexibility index (Phi) is 5.54. The number of Topliss-reactive ketones (excluding diaryl/α,β-unsaturated/α-hetero) is 1. The Bertz CT molecular complexity index is 439. The second-order valence-corrected chi connectivity index (χ2v) is 4.56. The first-order chi connectivity index (χ1) is 8.78. The third-order valence-corrected chi connectivity index (χ3v) is 2.68. The molecule has 0 heterocycles. The molecule has 1 rings (SSSR count).